The van der Waals surface area contributed by atoms with Crippen molar-refractivity contribution in [1.29, 1.82) is 0 Å². The monoisotopic (exact) mass is 368 g/mol. The van der Waals surface area contributed by atoms with E-state index in [1.54, 1.807) is 11.6 Å². The third-order valence-electron chi connectivity index (χ3n) is 4.97. The molecule has 0 unspecified atom stereocenters. The van der Waals surface area contributed by atoms with Crippen molar-refractivity contribution in [2.24, 2.45) is 0 Å². The van der Waals surface area contributed by atoms with Gasteiger partial charge in [-0.2, -0.15) is 17.7 Å². The Hall–Kier alpha value is -2.39. The van der Waals surface area contributed by atoms with Crippen molar-refractivity contribution >= 4 is 17.4 Å². The van der Waals surface area contributed by atoms with Crippen LogP contribution in [0.1, 0.15) is 37.4 Å². The second-order valence-corrected chi connectivity index (χ2v) is 6.97. The number of carbonyl (C=O) groups is 1. The molecule has 1 amide bonds. The van der Waals surface area contributed by atoms with Gasteiger partial charge in [0.15, 0.2) is 11.5 Å². The number of alkyl halides is 3. The van der Waals surface area contributed by atoms with Crippen molar-refractivity contribution in [2.75, 3.05) is 25.0 Å². The molecule has 0 spiro atoms. The Balaban J connectivity index is 1.37. The highest BCUT2D eigenvalue weighted by atomic mass is 19.4. The smallest absolute Gasteiger partial charge is 0.351 e. The summed E-state index contributed by atoms with van der Waals surface area (Å²) >= 11 is 0. The Bertz CT molecular complexity index is 825. The molecular weight excluding hydrogens is 349 g/mol. The van der Waals surface area contributed by atoms with Gasteiger partial charge in [-0.25, -0.2) is 0 Å². The Labute approximate surface area is 147 Å². The lowest BCUT2D eigenvalue weighted by Crippen LogP contribution is -2.60. The Morgan fingerprint density at radius 2 is 2.00 bits per heavy atom. The lowest BCUT2D eigenvalue weighted by atomic mass is 10.1. The van der Waals surface area contributed by atoms with E-state index in [-0.39, 0.29) is 6.04 Å². The standard InChI is InChI=1S/C16H19F3N6O/c1-23(14(26)6-7-16(17,18)19)11-8-24(9-11)13-5-4-12-20-21-15(10-2-3-10)25(12)22-13/h4-5,10-11H,2-3,6-9H2,1H3. The maximum absolute atomic E-state index is 12.3. The molecule has 2 aromatic heterocycles. The summed E-state index contributed by atoms with van der Waals surface area (Å²) in [5.41, 5.74) is 0.701. The van der Waals surface area contributed by atoms with Gasteiger partial charge in [-0.15, -0.1) is 15.3 Å². The second kappa shape index (κ2) is 6.10. The van der Waals surface area contributed by atoms with Crippen molar-refractivity contribution < 1.29 is 18.0 Å². The summed E-state index contributed by atoms with van der Waals surface area (Å²) in [6, 6.07) is 3.60. The zero-order chi connectivity index (χ0) is 18.5. The topological polar surface area (TPSA) is 66.6 Å². The van der Waals surface area contributed by atoms with Crippen molar-refractivity contribution in [2.45, 2.75) is 43.8 Å². The highest BCUT2D eigenvalue weighted by Crippen LogP contribution is 2.38. The van der Waals surface area contributed by atoms with Crippen LogP contribution >= 0.6 is 0 Å². The highest BCUT2D eigenvalue weighted by Gasteiger charge is 2.36. The van der Waals surface area contributed by atoms with Crippen LogP contribution in [0.5, 0.6) is 0 Å². The SMILES string of the molecule is CN(C(=O)CCC(F)(F)F)C1CN(c2ccc3nnc(C4CC4)n3n2)C1. The van der Waals surface area contributed by atoms with Crippen LogP contribution in [0.2, 0.25) is 0 Å². The third-order valence-corrected chi connectivity index (χ3v) is 4.97. The molecule has 0 bridgehead atoms. The van der Waals surface area contributed by atoms with Gasteiger partial charge < -0.3 is 9.80 Å². The number of anilines is 1. The van der Waals surface area contributed by atoms with Crippen molar-refractivity contribution in [3.63, 3.8) is 0 Å². The minimum absolute atomic E-state index is 0.1000. The van der Waals surface area contributed by atoms with E-state index in [4.69, 9.17) is 0 Å². The van der Waals surface area contributed by atoms with E-state index < -0.39 is 24.9 Å². The molecule has 1 saturated carbocycles. The molecule has 10 heteroatoms. The number of hydrogen-bond donors (Lipinski definition) is 0. The van der Waals surface area contributed by atoms with E-state index >= 15 is 0 Å². The van der Waals surface area contributed by atoms with E-state index in [1.807, 2.05) is 17.0 Å². The maximum atomic E-state index is 12.3. The van der Waals surface area contributed by atoms with Crippen LogP contribution in [0.4, 0.5) is 19.0 Å². The molecule has 1 aliphatic carbocycles. The summed E-state index contributed by atoms with van der Waals surface area (Å²) in [5, 5.41) is 12.9. The number of aromatic nitrogens is 4. The Morgan fingerprint density at radius 3 is 2.65 bits per heavy atom. The van der Waals surface area contributed by atoms with E-state index in [1.165, 1.54) is 4.90 Å². The van der Waals surface area contributed by atoms with E-state index in [9.17, 15) is 18.0 Å². The first-order chi connectivity index (χ1) is 12.3. The van der Waals surface area contributed by atoms with Crippen LogP contribution in [0, 0.1) is 0 Å². The summed E-state index contributed by atoms with van der Waals surface area (Å²) in [7, 11) is 1.56. The summed E-state index contributed by atoms with van der Waals surface area (Å²) < 4.78 is 38.5. The molecule has 26 heavy (non-hydrogen) atoms. The van der Waals surface area contributed by atoms with Crippen LogP contribution in [0.3, 0.4) is 0 Å². The van der Waals surface area contributed by atoms with Crippen LogP contribution in [-0.4, -0.2) is 63.0 Å². The van der Waals surface area contributed by atoms with Crippen LogP contribution in [-0.2, 0) is 4.79 Å². The summed E-state index contributed by atoms with van der Waals surface area (Å²) in [6.45, 7) is 1.10. The number of rotatable bonds is 5. The van der Waals surface area contributed by atoms with Crippen LogP contribution < -0.4 is 4.90 Å². The third kappa shape index (κ3) is 3.32. The summed E-state index contributed by atoms with van der Waals surface area (Å²) in [6.07, 6.45) is -3.69. The van der Waals surface area contributed by atoms with Gasteiger partial charge in [0.1, 0.15) is 5.82 Å². The van der Waals surface area contributed by atoms with Gasteiger partial charge in [-0.05, 0) is 25.0 Å². The maximum Gasteiger partial charge on any atom is 0.389 e. The fourth-order valence-corrected chi connectivity index (χ4v) is 3.08. The predicted molar refractivity (Wildman–Crippen MR) is 86.8 cm³/mol. The zero-order valence-electron chi connectivity index (χ0n) is 14.3. The molecule has 0 N–H and O–H groups in total. The lowest BCUT2D eigenvalue weighted by molar-refractivity contribution is -0.149. The fraction of sp³-hybridized carbons (Fsp3) is 0.625. The Morgan fingerprint density at radius 1 is 1.27 bits per heavy atom. The van der Waals surface area contributed by atoms with Crippen molar-refractivity contribution in [1.82, 2.24) is 24.7 Å². The van der Waals surface area contributed by atoms with E-state index in [2.05, 4.69) is 15.3 Å². The number of carbonyl (C=O) groups excluding carboxylic acids is 1. The number of halogens is 3. The van der Waals surface area contributed by atoms with Crippen LogP contribution in [0.25, 0.3) is 5.65 Å². The molecule has 4 rings (SSSR count). The summed E-state index contributed by atoms with van der Waals surface area (Å²) in [4.78, 5) is 15.3. The Kier molecular flexibility index (Phi) is 4.00. The fourth-order valence-electron chi connectivity index (χ4n) is 3.08. The predicted octanol–water partition coefficient (Wildman–Crippen LogP) is 1.99. The molecule has 140 valence electrons. The molecule has 7 nitrogen and oxygen atoms in total. The lowest BCUT2D eigenvalue weighted by Gasteiger charge is -2.44. The molecule has 3 heterocycles. The van der Waals surface area contributed by atoms with Gasteiger partial charge in [0.05, 0.1) is 12.5 Å². The number of likely N-dealkylation sites (N-methyl/N-ethyl adjacent to an activating group) is 1. The highest BCUT2D eigenvalue weighted by molar-refractivity contribution is 5.76. The quantitative estimate of drug-likeness (QED) is 0.808. The van der Waals surface area contributed by atoms with E-state index in [0.717, 1.165) is 24.5 Å². The largest absolute Gasteiger partial charge is 0.389 e. The molecular formula is C16H19F3N6O. The first-order valence-electron chi connectivity index (χ1n) is 8.61. The van der Waals surface area contributed by atoms with Gasteiger partial charge in [0.25, 0.3) is 0 Å². The number of nitrogens with zero attached hydrogens (tertiary/aromatic N) is 6. The van der Waals surface area contributed by atoms with Gasteiger partial charge in [-0.3, -0.25) is 4.79 Å². The molecule has 0 radical (unpaired) electrons. The first kappa shape index (κ1) is 17.0. The van der Waals surface area contributed by atoms with Gasteiger partial charge >= 0.3 is 6.18 Å². The van der Waals surface area contributed by atoms with Gasteiger partial charge in [-0.1, -0.05) is 0 Å². The minimum Gasteiger partial charge on any atom is -0.351 e. The molecule has 1 saturated heterocycles. The second-order valence-electron chi connectivity index (χ2n) is 6.97. The van der Waals surface area contributed by atoms with Crippen molar-refractivity contribution in [3.05, 3.63) is 18.0 Å². The average molecular weight is 368 g/mol. The number of amides is 1. The zero-order valence-corrected chi connectivity index (χ0v) is 14.3. The van der Waals surface area contributed by atoms with E-state index in [0.29, 0.717) is 24.7 Å². The van der Waals surface area contributed by atoms with Gasteiger partial charge in [0, 0.05) is 32.5 Å². The molecule has 0 atom stereocenters. The first-order valence-corrected chi connectivity index (χ1v) is 8.61. The van der Waals surface area contributed by atoms with Gasteiger partial charge in [0.2, 0.25) is 5.91 Å². The molecule has 2 aromatic rings. The minimum atomic E-state index is -4.31. The molecule has 1 aliphatic heterocycles. The number of hydrogen-bond acceptors (Lipinski definition) is 5. The van der Waals surface area contributed by atoms with Crippen molar-refractivity contribution in [3.8, 4) is 0 Å². The average Bonchev–Trinajstić information content (AvgIpc) is 3.30. The normalized spacial score (nSPS) is 18.2. The van der Waals surface area contributed by atoms with Crippen LogP contribution in [0.15, 0.2) is 12.1 Å². The molecule has 2 fully saturated rings. The molecule has 2 aliphatic rings. The summed E-state index contributed by atoms with van der Waals surface area (Å²) in [5.74, 6) is 1.57. The number of fused-ring (bicyclic) bond motifs is 1. The molecule has 0 aromatic carbocycles.